The van der Waals surface area contributed by atoms with E-state index in [1.165, 1.54) is 11.1 Å². The van der Waals surface area contributed by atoms with Gasteiger partial charge in [0, 0.05) is 18.5 Å². The summed E-state index contributed by atoms with van der Waals surface area (Å²) in [6.07, 6.45) is 2.21. The van der Waals surface area contributed by atoms with Crippen molar-refractivity contribution in [3.63, 3.8) is 0 Å². The number of benzene rings is 2. The van der Waals surface area contributed by atoms with E-state index < -0.39 is 0 Å². The molecule has 0 radical (unpaired) electrons. The summed E-state index contributed by atoms with van der Waals surface area (Å²) in [6.45, 7) is 3.24. The number of aliphatic hydroxyl groups is 1. The van der Waals surface area contributed by atoms with Gasteiger partial charge in [-0.25, -0.2) is 0 Å². The first-order valence-electron chi connectivity index (χ1n) is 7.75. The second kappa shape index (κ2) is 6.42. The van der Waals surface area contributed by atoms with Crippen molar-refractivity contribution < 1.29 is 5.11 Å². The summed E-state index contributed by atoms with van der Waals surface area (Å²) >= 11 is 0. The highest BCUT2D eigenvalue weighted by atomic mass is 16.3. The molecular weight excluding hydrogens is 258 g/mol. The van der Waals surface area contributed by atoms with Gasteiger partial charge in [-0.1, -0.05) is 60.7 Å². The first-order valence-corrected chi connectivity index (χ1v) is 7.75. The number of hydrogen-bond donors (Lipinski definition) is 1. The Bertz CT molecular complexity index is 554. The Morgan fingerprint density at radius 3 is 2.29 bits per heavy atom. The Hall–Kier alpha value is -1.64. The fraction of sp³-hybridized carbons (Fsp3) is 0.368. The Balaban J connectivity index is 1.78. The van der Waals surface area contributed by atoms with Crippen molar-refractivity contribution in [3.8, 4) is 0 Å². The van der Waals surface area contributed by atoms with E-state index in [0.29, 0.717) is 0 Å². The second-order valence-electron chi connectivity index (χ2n) is 6.10. The zero-order valence-electron chi connectivity index (χ0n) is 12.4. The zero-order valence-corrected chi connectivity index (χ0v) is 12.4. The van der Waals surface area contributed by atoms with Gasteiger partial charge in [-0.15, -0.1) is 0 Å². The lowest BCUT2D eigenvalue weighted by Gasteiger charge is -2.42. The molecule has 0 aromatic heterocycles. The van der Waals surface area contributed by atoms with Gasteiger partial charge in [0.05, 0.1) is 6.61 Å². The molecule has 0 aliphatic carbocycles. The van der Waals surface area contributed by atoms with Gasteiger partial charge in [0.15, 0.2) is 0 Å². The van der Waals surface area contributed by atoms with Crippen molar-refractivity contribution >= 4 is 0 Å². The van der Waals surface area contributed by atoms with E-state index in [0.717, 1.165) is 32.5 Å². The molecule has 2 aromatic rings. The van der Waals surface area contributed by atoms with E-state index in [1.807, 2.05) is 6.07 Å². The van der Waals surface area contributed by atoms with Gasteiger partial charge in [-0.3, -0.25) is 4.90 Å². The van der Waals surface area contributed by atoms with Crippen LogP contribution in [0.2, 0.25) is 0 Å². The first-order chi connectivity index (χ1) is 10.3. The van der Waals surface area contributed by atoms with Crippen LogP contribution in [-0.4, -0.2) is 29.7 Å². The lowest BCUT2D eigenvalue weighted by molar-refractivity contribution is 0.0850. The molecule has 0 saturated carbocycles. The van der Waals surface area contributed by atoms with Gasteiger partial charge in [0.2, 0.25) is 0 Å². The first kappa shape index (κ1) is 14.3. The van der Waals surface area contributed by atoms with Gasteiger partial charge in [-0.05, 0) is 30.5 Å². The topological polar surface area (TPSA) is 23.5 Å². The molecule has 1 saturated heterocycles. The van der Waals surface area contributed by atoms with Crippen LogP contribution in [0.25, 0.3) is 0 Å². The van der Waals surface area contributed by atoms with E-state index in [1.54, 1.807) is 0 Å². The van der Waals surface area contributed by atoms with E-state index in [4.69, 9.17) is 0 Å². The Morgan fingerprint density at radius 2 is 1.62 bits per heavy atom. The highest BCUT2D eigenvalue weighted by Crippen LogP contribution is 2.34. The standard InChI is InChI=1S/C19H23NO/c21-16-19(18-10-5-2-6-11-18)12-7-13-20(15-19)14-17-8-3-1-4-9-17/h1-6,8-11,21H,7,12-16H2. The third-order valence-corrected chi connectivity index (χ3v) is 4.59. The molecule has 1 N–H and O–H groups in total. The average Bonchev–Trinajstić information content (AvgIpc) is 2.57. The second-order valence-corrected chi connectivity index (χ2v) is 6.10. The van der Waals surface area contributed by atoms with Gasteiger partial charge in [0.25, 0.3) is 0 Å². The molecule has 1 aliphatic heterocycles. The zero-order chi connectivity index (χ0) is 14.5. The number of piperidine rings is 1. The lowest BCUT2D eigenvalue weighted by atomic mass is 9.74. The van der Waals surface area contributed by atoms with Crippen LogP contribution >= 0.6 is 0 Å². The van der Waals surface area contributed by atoms with Gasteiger partial charge in [0.1, 0.15) is 0 Å². The van der Waals surface area contributed by atoms with E-state index in [2.05, 4.69) is 59.5 Å². The van der Waals surface area contributed by atoms with Crippen LogP contribution in [0.5, 0.6) is 0 Å². The predicted octanol–water partition coefficient (Wildman–Crippen LogP) is 3.21. The van der Waals surface area contributed by atoms with E-state index in [-0.39, 0.29) is 12.0 Å². The maximum Gasteiger partial charge on any atom is 0.0540 e. The predicted molar refractivity (Wildman–Crippen MR) is 86.2 cm³/mol. The molecule has 0 bridgehead atoms. The lowest BCUT2D eigenvalue weighted by Crippen LogP contribution is -2.47. The highest BCUT2D eigenvalue weighted by molar-refractivity contribution is 5.27. The fourth-order valence-electron chi connectivity index (χ4n) is 3.45. The number of hydrogen-bond acceptors (Lipinski definition) is 2. The summed E-state index contributed by atoms with van der Waals surface area (Å²) in [5.41, 5.74) is 2.51. The summed E-state index contributed by atoms with van der Waals surface area (Å²) in [6, 6.07) is 21.1. The Labute approximate surface area is 127 Å². The molecule has 0 spiro atoms. The summed E-state index contributed by atoms with van der Waals surface area (Å²) in [4.78, 5) is 2.47. The summed E-state index contributed by atoms with van der Waals surface area (Å²) in [5, 5.41) is 10.1. The molecule has 1 unspecified atom stereocenters. The number of aliphatic hydroxyl groups excluding tert-OH is 1. The monoisotopic (exact) mass is 281 g/mol. The number of rotatable bonds is 4. The summed E-state index contributed by atoms with van der Waals surface area (Å²) in [5.74, 6) is 0. The molecule has 2 heteroatoms. The van der Waals surface area contributed by atoms with Crippen molar-refractivity contribution in [3.05, 3.63) is 71.8 Å². The maximum atomic E-state index is 10.1. The van der Waals surface area contributed by atoms with Gasteiger partial charge in [-0.2, -0.15) is 0 Å². The largest absolute Gasteiger partial charge is 0.395 e. The molecule has 21 heavy (non-hydrogen) atoms. The van der Waals surface area contributed by atoms with Crippen molar-refractivity contribution in [2.24, 2.45) is 0 Å². The van der Waals surface area contributed by atoms with Crippen molar-refractivity contribution in [2.45, 2.75) is 24.8 Å². The molecule has 1 fully saturated rings. The van der Waals surface area contributed by atoms with Crippen LogP contribution in [-0.2, 0) is 12.0 Å². The minimum Gasteiger partial charge on any atom is -0.395 e. The molecular formula is C19H23NO. The third kappa shape index (κ3) is 3.17. The average molecular weight is 281 g/mol. The molecule has 2 aromatic carbocycles. The van der Waals surface area contributed by atoms with Crippen LogP contribution in [0.3, 0.4) is 0 Å². The minimum atomic E-state index is -0.103. The van der Waals surface area contributed by atoms with Gasteiger partial charge >= 0.3 is 0 Å². The Kier molecular flexibility index (Phi) is 4.37. The van der Waals surface area contributed by atoms with E-state index in [9.17, 15) is 5.11 Å². The van der Waals surface area contributed by atoms with E-state index >= 15 is 0 Å². The quantitative estimate of drug-likeness (QED) is 0.930. The van der Waals surface area contributed by atoms with Crippen molar-refractivity contribution in [2.75, 3.05) is 19.7 Å². The van der Waals surface area contributed by atoms with Crippen LogP contribution < -0.4 is 0 Å². The molecule has 3 rings (SSSR count). The molecule has 1 aliphatic rings. The Morgan fingerprint density at radius 1 is 0.952 bits per heavy atom. The summed E-state index contributed by atoms with van der Waals surface area (Å²) in [7, 11) is 0. The number of nitrogens with zero attached hydrogens (tertiary/aromatic N) is 1. The maximum absolute atomic E-state index is 10.1. The summed E-state index contributed by atoms with van der Waals surface area (Å²) < 4.78 is 0. The fourth-order valence-corrected chi connectivity index (χ4v) is 3.45. The minimum absolute atomic E-state index is 0.103. The third-order valence-electron chi connectivity index (χ3n) is 4.59. The van der Waals surface area contributed by atoms with Crippen molar-refractivity contribution in [1.29, 1.82) is 0 Å². The van der Waals surface area contributed by atoms with Crippen LogP contribution in [0.1, 0.15) is 24.0 Å². The normalized spacial score (nSPS) is 23.1. The number of likely N-dealkylation sites (tertiary alicyclic amines) is 1. The molecule has 1 heterocycles. The van der Waals surface area contributed by atoms with Crippen LogP contribution in [0, 0.1) is 0 Å². The smallest absolute Gasteiger partial charge is 0.0540 e. The van der Waals surface area contributed by atoms with Crippen LogP contribution in [0.4, 0.5) is 0 Å². The van der Waals surface area contributed by atoms with Crippen LogP contribution in [0.15, 0.2) is 60.7 Å². The molecule has 0 amide bonds. The highest BCUT2D eigenvalue weighted by Gasteiger charge is 2.36. The molecule has 2 nitrogen and oxygen atoms in total. The SMILES string of the molecule is OCC1(c2ccccc2)CCCN(Cc2ccccc2)C1. The van der Waals surface area contributed by atoms with Crippen molar-refractivity contribution in [1.82, 2.24) is 4.90 Å². The molecule has 110 valence electrons. The van der Waals surface area contributed by atoms with Gasteiger partial charge < -0.3 is 5.11 Å². The molecule has 1 atom stereocenters.